The average molecular weight is 403 g/mol. The minimum Gasteiger partial charge on any atom is -0.465 e. The van der Waals surface area contributed by atoms with Crippen LogP contribution < -0.4 is 5.32 Å². The number of hydrogen-bond donors (Lipinski definition) is 1. The van der Waals surface area contributed by atoms with E-state index in [0.29, 0.717) is 5.56 Å². The van der Waals surface area contributed by atoms with E-state index in [0.717, 1.165) is 61.3 Å². The van der Waals surface area contributed by atoms with Crippen molar-refractivity contribution in [3.63, 3.8) is 0 Å². The second kappa shape index (κ2) is 9.07. The Kier molecular flexibility index (Phi) is 6.29. The van der Waals surface area contributed by atoms with Gasteiger partial charge in [-0.2, -0.15) is 0 Å². The Bertz CT molecular complexity index is 796. The number of nitrogens with one attached hydrogen (secondary N) is 1. The van der Waals surface area contributed by atoms with Crippen molar-refractivity contribution < 1.29 is 14.3 Å². The fourth-order valence-corrected chi connectivity index (χ4v) is 4.65. The Morgan fingerprint density at radius 3 is 2.82 bits per heavy atom. The molecule has 0 saturated carbocycles. The number of carbonyl (C=O) groups is 1. The molecule has 7 nitrogen and oxygen atoms in total. The van der Waals surface area contributed by atoms with Gasteiger partial charge in [-0.05, 0) is 49.9 Å². The topological polar surface area (TPSA) is 78.3 Å². The van der Waals surface area contributed by atoms with Crippen LogP contribution in [0.1, 0.15) is 53.5 Å². The zero-order valence-electron chi connectivity index (χ0n) is 16.1. The molecule has 1 aromatic heterocycles. The number of thioether (sulfide) groups is 1. The van der Waals surface area contributed by atoms with Gasteiger partial charge < -0.3 is 19.4 Å². The van der Waals surface area contributed by atoms with Crippen LogP contribution in [0.15, 0.2) is 29.4 Å². The molecule has 0 bridgehead atoms. The molecule has 2 aliphatic rings. The van der Waals surface area contributed by atoms with Crippen LogP contribution in [-0.2, 0) is 21.8 Å². The van der Waals surface area contributed by atoms with E-state index >= 15 is 0 Å². The lowest BCUT2D eigenvalue weighted by atomic mass is 10.1. The Labute approximate surface area is 169 Å². The molecule has 2 aromatic rings. The van der Waals surface area contributed by atoms with Gasteiger partial charge in [0, 0.05) is 12.4 Å². The van der Waals surface area contributed by atoms with Crippen molar-refractivity contribution in [3.8, 4) is 0 Å². The van der Waals surface area contributed by atoms with E-state index in [1.165, 1.54) is 13.5 Å². The molecule has 1 aromatic carbocycles. The van der Waals surface area contributed by atoms with Crippen LogP contribution in [0.3, 0.4) is 0 Å². The van der Waals surface area contributed by atoms with Gasteiger partial charge in [0.2, 0.25) is 0 Å². The van der Waals surface area contributed by atoms with Crippen molar-refractivity contribution >= 4 is 17.7 Å². The third-order valence-electron chi connectivity index (χ3n) is 5.27. The molecule has 2 atom stereocenters. The summed E-state index contributed by atoms with van der Waals surface area (Å²) in [6.45, 7) is 2.69. The van der Waals surface area contributed by atoms with Crippen LogP contribution in [0.2, 0.25) is 0 Å². The van der Waals surface area contributed by atoms with Gasteiger partial charge in [0.1, 0.15) is 0 Å². The van der Waals surface area contributed by atoms with Gasteiger partial charge in [-0.3, -0.25) is 0 Å². The number of rotatable bonds is 7. The predicted octanol–water partition coefficient (Wildman–Crippen LogP) is 2.96. The number of esters is 1. The normalized spacial score (nSPS) is 21.9. The van der Waals surface area contributed by atoms with E-state index < -0.39 is 0 Å². The minimum absolute atomic E-state index is 0.245. The summed E-state index contributed by atoms with van der Waals surface area (Å²) in [5.74, 6) is 1.48. The number of carbonyl (C=O) groups excluding carboxylic acids is 1. The van der Waals surface area contributed by atoms with Gasteiger partial charge in [0.05, 0.1) is 31.4 Å². The molecule has 28 heavy (non-hydrogen) atoms. The molecule has 8 heteroatoms. The largest absolute Gasteiger partial charge is 0.465 e. The van der Waals surface area contributed by atoms with E-state index in [4.69, 9.17) is 9.47 Å². The molecule has 2 saturated heterocycles. The fraction of sp³-hybridized carbons (Fsp3) is 0.550. The first kappa shape index (κ1) is 19.4. The highest BCUT2D eigenvalue weighted by Gasteiger charge is 2.27. The molecule has 0 spiro atoms. The summed E-state index contributed by atoms with van der Waals surface area (Å²) in [6, 6.07) is 7.79. The van der Waals surface area contributed by atoms with Gasteiger partial charge in [-0.25, -0.2) is 4.79 Å². The van der Waals surface area contributed by atoms with Gasteiger partial charge in [-0.15, -0.1) is 10.2 Å². The summed E-state index contributed by atoms with van der Waals surface area (Å²) in [6.07, 6.45) is 4.73. The van der Waals surface area contributed by atoms with Crippen molar-refractivity contribution in [1.29, 1.82) is 0 Å². The first-order chi connectivity index (χ1) is 13.7. The second-order valence-electron chi connectivity index (χ2n) is 7.21. The van der Waals surface area contributed by atoms with Crippen molar-refractivity contribution in [2.24, 2.45) is 0 Å². The van der Waals surface area contributed by atoms with Crippen molar-refractivity contribution in [1.82, 2.24) is 20.1 Å². The van der Waals surface area contributed by atoms with E-state index in [-0.39, 0.29) is 18.1 Å². The van der Waals surface area contributed by atoms with Crippen molar-refractivity contribution in [2.45, 2.75) is 55.3 Å². The molecule has 1 N–H and O–H groups in total. The smallest absolute Gasteiger partial charge is 0.337 e. The molecule has 4 rings (SSSR count). The van der Waals surface area contributed by atoms with Crippen LogP contribution in [0.5, 0.6) is 0 Å². The monoisotopic (exact) mass is 402 g/mol. The zero-order valence-corrected chi connectivity index (χ0v) is 16.9. The summed E-state index contributed by atoms with van der Waals surface area (Å²) in [7, 11) is 1.39. The lowest BCUT2D eigenvalue weighted by Gasteiger charge is -2.17. The van der Waals surface area contributed by atoms with E-state index in [1.807, 2.05) is 12.1 Å². The molecule has 0 radical (unpaired) electrons. The van der Waals surface area contributed by atoms with Crippen molar-refractivity contribution in [2.75, 3.05) is 20.3 Å². The van der Waals surface area contributed by atoms with Gasteiger partial charge in [0.15, 0.2) is 11.0 Å². The first-order valence-electron chi connectivity index (χ1n) is 9.82. The van der Waals surface area contributed by atoms with Crippen LogP contribution in [0.4, 0.5) is 0 Å². The highest BCUT2D eigenvalue weighted by atomic mass is 32.2. The fourth-order valence-electron chi connectivity index (χ4n) is 3.74. The SMILES string of the molecule is COC(=O)c1ccc(CSc2nnc(C3CCCN3)n2CC2CCCO2)cc1. The number of ether oxygens (including phenoxy) is 2. The third kappa shape index (κ3) is 4.39. The highest BCUT2D eigenvalue weighted by molar-refractivity contribution is 7.98. The molecular formula is C20H26N4O3S. The zero-order chi connectivity index (χ0) is 19.3. The number of hydrogen-bond acceptors (Lipinski definition) is 7. The summed E-state index contributed by atoms with van der Waals surface area (Å²) < 4.78 is 12.9. The van der Waals surface area contributed by atoms with E-state index in [9.17, 15) is 4.79 Å². The predicted molar refractivity (Wildman–Crippen MR) is 106 cm³/mol. The average Bonchev–Trinajstić information content (AvgIpc) is 3.49. The standard InChI is InChI=1S/C20H26N4O3S/c1-26-19(25)15-8-6-14(7-9-15)13-28-20-23-22-18(17-5-2-10-21-17)24(20)12-16-4-3-11-27-16/h6-9,16-17,21H,2-5,10-13H2,1H3. The molecule has 2 fully saturated rings. The summed E-state index contributed by atoms with van der Waals surface area (Å²) in [4.78, 5) is 11.6. The number of nitrogens with zero attached hydrogens (tertiary/aromatic N) is 3. The highest BCUT2D eigenvalue weighted by Crippen LogP contribution is 2.29. The van der Waals surface area contributed by atoms with E-state index in [2.05, 4.69) is 20.1 Å². The van der Waals surface area contributed by atoms with Crippen LogP contribution in [-0.4, -0.2) is 47.1 Å². The van der Waals surface area contributed by atoms with Gasteiger partial charge >= 0.3 is 5.97 Å². The minimum atomic E-state index is -0.316. The second-order valence-corrected chi connectivity index (χ2v) is 8.16. The maximum atomic E-state index is 11.6. The number of methoxy groups -OCH3 is 1. The molecule has 3 heterocycles. The molecule has 0 aliphatic carbocycles. The van der Waals surface area contributed by atoms with Crippen LogP contribution in [0.25, 0.3) is 0 Å². The Balaban J connectivity index is 1.47. The molecule has 2 aliphatic heterocycles. The molecule has 2 unspecified atom stereocenters. The lowest BCUT2D eigenvalue weighted by Crippen LogP contribution is -2.23. The summed E-state index contributed by atoms with van der Waals surface area (Å²) in [5.41, 5.74) is 1.69. The van der Waals surface area contributed by atoms with Gasteiger partial charge in [-0.1, -0.05) is 23.9 Å². The first-order valence-corrected chi connectivity index (χ1v) is 10.8. The lowest BCUT2D eigenvalue weighted by molar-refractivity contribution is 0.0600. The van der Waals surface area contributed by atoms with Crippen LogP contribution in [0, 0.1) is 0 Å². The van der Waals surface area contributed by atoms with Crippen molar-refractivity contribution in [3.05, 3.63) is 41.2 Å². The Morgan fingerprint density at radius 2 is 2.14 bits per heavy atom. The third-order valence-corrected chi connectivity index (χ3v) is 6.31. The quantitative estimate of drug-likeness (QED) is 0.563. The number of benzene rings is 1. The van der Waals surface area contributed by atoms with Gasteiger partial charge in [0.25, 0.3) is 0 Å². The number of aromatic nitrogens is 3. The van der Waals surface area contributed by atoms with Crippen LogP contribution >= 0.6 is 11.8 Å². The molecule has 0 amide bonds. The maximum Gasteiger partial charge on any atom is 0.337 e. The summed E-state index contributed by atoms with van der Waals surface area (Å²) >= 11 is 1.67. The Hall–Kier alpha value is -1.90. The molecular weight excluding hydrogens is 376 g/mol. The van der Waals surface area contributed by atoms with E-state index in [1.54, 1.807) is 23.9 Å². The maximum absolute atomic E-state index is 11.6. The Morgan fingerprint density at radius 1 is 1.29 bits per heavy atom. The summed E-state index contributed by atoms with van der Waals surface area (Å²) in [5, 5.41) is 13.5. The molecule has 150 valence electrons.